The Morgan fingerprint density at radius 2 is 1.75 bits per heavy atom. The molecule has 0 radical (unpaired) electrons. The monoisotopic (exact) mass is 271 g/mol. The van der Waals surface area contributed by atoms with Crippen LogP contribution >= 0.6 is 0 Å². The van der Waals surface area contributed by atoms with Gasteiger partial charge in [-0.25, -0.2) is 4.68 Å². The summed E-state index contributed by atoms with van der Waals surface area (Å²) in [5.74, 6) is 0. The molecule has 3 rings (SSSR count). The van der Waals surface area contributed by atoms with E-state index in [-0.39, 0.29) is 0 Å². The lowest BCUT2D eigenvalue weighted by Gasteiger charge is -2.17. The normalized spacial score (nSPS) is 15.0. The Hall–Kier alpha value is -1.88. The molecule has 1 aromatic carbocycles. The highest BCUT2D eigenvalue weighted by Gasteiger charge is 2.14. The van der Waals surface area contributed by atoms with Crippen LogP contribution in [-0.2, 0) is 13.0 Å². The van der Waals surface area contributed by atoms with Crippen LogP contribution in [0.3, 0.4) is 0 Å². The van der Waals surface area contributed by atoms with Crippen molar-refractivity contribution < 1.29 is 0 Å². The van der Waals surface area contributed by atoms with Crippen LogP contribution in [0.25, 0.3) is 5.69 Å². The summed E-state index contributed by atoms with van der Waals surface area (Å²) in [6.07, 6.45) is 3.47. The highest BCUT2D eigenvalue weighted by atomic mass is 15.4. The zero-order valence-corrected chi connectivity index (χ0v) is 11.9. The van der Waals surface area contributed by atoms with Gasteiger partial charge in [0, 0.05) is 25.3 Å². The molecule has 0 bridgehead atoms. The molecule has 0 amide bonds. The molecular formula is C15H21N5. The lowest BCUT2D eigenvalue weighted by atomic mass is 10.2. The lowest BCUT2D eigenvalue weighted by Crippen LogP contribution is -2.17. The highest BCUT2D eigenvalue weighted by Crippen LogP contribution is 2.22. The van der Waals surface area contributed by atoms with E-state index in [1.807, 2.05) is 4.68 Å². The minimum Gasteiger partial charge on any atom is -0.372 e. The maximum atomic E-state index is 5.70. The predicted molar refractivity (Wildman–Crippen MR) is 80.1 cm³/mol. The van der Waals surface area contributed by atoms with E-state index in [2.05, 4.69) is 46.4 Å². The van der Waals surface area contributed by atoms with Crippen molar-refractivity contribution in [1.29, 1.82) is 0 Å². The Labute approximate surface area is 119 Å². The Morgan fingerprint density at radius 3 is 2.35 bits per heavy atom. The van der Waals surface area contributed by atoms with Gasteiger partial charge in [-0.05, 0) is 43.5 Å². The average Bonchev–Trinajstić information content (AvgIpc) is 3.16. The number of nitrogens with two attached hydrogens (primary N) is 1. The number of nitrogens with zero attached hydrogens (tertiary/aromatic N) is 4. The number of hydrogen-bond acceptors (Lipinski definition) is 4. The highest BCUT2D eigenvalue weighted by molar-refractivity contribution is 5.51. The van der Waals surface area contributed by atoms with Crippen LogP contribution in [0.4, 0.5) is 5.69 Å². The minimum atomic E-state index is 0.440. The number of benzene rings is 1. The molecule has 2 aromatic rings. The summed E-state index contributed by atoms with van der Waals surface area (Å²) in [4.78, 5) is 2.43. The molecule has 0 spiro atoms. The zero-order valence-electron chi connectivity index (χ0n) is 11.9. The molecule has 5 nitrogen and oxygen atoms in total. The van der Waals surface area contributed by atoms with E-state index < -0.39 is 0 Å². The van der Waals surface area contributed by atoms with E-state index in [1.165, 1.54) is 31.6 Å². The first-order chi connectivity index (χ1) is 9.83. The van der Waals surface area contributed by atoms with Gasteiger partial charge in [0.25, 0.3) is 0 Å². The molecule has 0 aliphatic carbocycles. The summed E-state index contributed by atoms with van der Waals surface area (Å²) in [6, 6.07) is 8.57. The summed E-state index contributed by atoms with van der Waals surface area (Å²) in [5.41, 5.74) is 10.0. The van der Waals surface area contributed by atoms with E-state index >= 15 is 0 Å². The van der Waals surface area contributed by atoms with Gasteiger partial charge in [-0.15, -0.1) is 5.10 Å². The fraction of sp³-hybridized carbons (Fsp3) is 0.467. The second-order valence-corrected chi connectivity index (χ2v) is 5.16. The van der Waals surface area contributed by atoms with Crippen molar-refractivity contribution >= 4 is 5.69 Å². The van der Waals surface area contributed by atoms with Crippen molar-refractivity contribution in [2.75, 3.05) is 18.0 Å². The van der Waals surface area contributed by atoms with Crippen LogP contribution in [0.2, 0.25) is 0 Å². The van der Waals surface area contributed by atoms with Gasteiger partial charge in [-0.2, -0.15) is 0 Å². The first kappa shape index (κ1) is 13.1. The van der Waals surface area contributed by atoms with Crippen LogP contribution in [0, 0.1) is 0 Å². The first-order valence-corrected chi connectivity index (χ1v) is 7.32. The van der Waals surface area contributed by atoms with E-state index in [0.29, 0.717) is 6.54 Å². The lowest BCUT2D eigenvalue weighted by molar-refractivity contribution is 0.766. The van der Waals surface area contributed by atoms with E-state index in [0.717, 1.165) is 23.5 Å². The standard InChI is InChI=1S/C15H21N5/c1-2-15-14(11-16)17-18-20(15)13-7-5-12(6-8-13)19-9-3-4-10-19/h5-8H,2-4,9-11,16H2,1H3. The number of aromatic nitrogens is 3. The molecule has 0 unspecified atom stereocenters. The fourth-order valence-electron chi connectivity index (χ4n) is 2.83. The molecule has 5 heteroatoms. The topological polar surface area (TPSA) is 60.0 Å². The van der Waals surface area contributed by atoms with Crippen LogP contribution in [0.5, 0.6) is 0 Å². The number of hydrogen-bond donors (Lipinski definition) is 1. The largest absolute Gasteiger partial charge is 0.372 e. The SMILES string of the molecule is CCc1c(CN)nnn1-c1ccc(N2CCCC2)cc1. The first-order valence-electron chi connectivity index (χ1n) is 7.32. The van der Waals surface area contributed by atoms with Crippen molar-refractivity contribution in [3.05, 3.63) is 35.7 Å². The Balaban J connectivity index is 1.89. The molecule has 1 aromatic heterocycles. The molecule has 2 heterocycles. The Morgan fingerprint density at radius 1 is 1.10 bits per heavy atom. The van der Waals surface area contributed by atoms with Gasteiger partial charge < -0.3 is 10.6 Å². The Bertz CT molecular complexity index is 566. The Kier molecular flexibility index (Phi) is 3.69. The maximum absolute atomic E-state index is 5.70. The van der Waals surface area contributed by atoms with Gasteiger partial charge in [0.2, 0.25) is 0 Å². The molecule has 0 atom stereocenters. The third-order valence-electron chi connectivity index (χ3n) is 3.94. The quantitative estimate of drug-likeness (QED) is 0.922. The third-order valence-corrected chi connectivity index (χ3v) is 3.94. The van der Waals surface area contributed by atoms with Gasteiger partial charge >= 0.3 is 0 Å². The van der Waals surface area contributed by atoms with Crippen molar-refractivity contribution in [2.24, 2.45) is 5.73 Å². The smallest absolute Gasteiger partial charge is 0.0999 e. The van der Waals surface area contributed by atoms with Gasteiger partial charge in [0.15, 0.2) is 0 Å². The molecule has 1 fully saturated rings. The van der Waals surface area contributed by atoms with Gasteiger partial charge in [0.05, 0.1) is 17.1 Å². The molecule has 2 N–H and O–H groups in total. The number of rotatable bonds is 4. The van der Waals surface area contributed by atoms with Gasteiger partial charge in [0.1, 0.15) is 0 Å². The third kappa shape index (κ3) is 2.29. The molecule has 1 aliphatic heterocycles. The summed E-state index contributed by atoms with van der Waals surface area (Å²) in [6.45, 7) is 4.88. The summed E-state index contributed by atoms with van der Waals surface area (Å²) in [5, 5.41) is 8.39. The maximum Gasteiger partial charge on any atom is 0.0999 e. The van der Waals surface area contributed by atoms with E-state index in [1.54, 1.807) is 0 Å². The van der Waals surface area contributed by atoms with Crippen molar-refractivity contribution in [3.63, 3.8) is 0 Å². The summed E-state index contributed by atoms with van der Waals surface area (Å²) >= 11 is 0. The molecule has 20 heavy (non-hydrogen) atoms. The predicted octanol–water partition coefficient (Wildman–Crippen LogP) is 1.89. The molecule has 0 saturated carbocycles. The molecule has 106 valence electrons. The van der Waals surface area contributed by atoms with Crippen molar-refractivity contribution in [3.8, 4) is 5.69 Å². The van der Waals surface area contributed by atoms with Gasteiger partial charge in [-0.1, -0.05) is 12.1 Å². The number of anilines is 1. The van der Waals surface area contributed by atoms with Gasteiger partial charge in [-0.3, -0.25) is 0 Å². The minimum absolute atomic E-state index is 0.440. The van der Waals surface area contributed by atoms with Crippen LogP contribution in [0.15, 0.2) is 24.3 Å². The summed E-state index contributed by atoms with van der Waals surface area (Å²) < 4.78 is 1.90. The molecular weight excluding hydrogens is 250 g/mol. The zero-order chi connectivity index (χ0) is 13.9. The van der Waals surface area contributed by atoms with Crippen LogP contribution < -0.4 is 10.6 Å². The second-order valence-electron chi connectivity index (χ2n) is 5.16. The summed E-state index contributed by atoms with van der Waals surface area (Å²) in [7, 11) is 0. The fourth-order valence-corrected chi connectivity index (χ4v) is 2.83. The average molecular weight is 271 g/mol. The van der Waals surface area contributed by atoms with Crippen LogP contribution in [0.1, 0.15) is 31.2 Å². The van der Waals surface area contributed by atoms with E-state index in [4.69, 9.17) is 5.73 Å². The van der Waals surface area contributed by atoms with Crippen molar-refractivity contribution in [1.82, 2.24) is 15.0 Å². The molecule has 1 aliphatic rings. The molecule has 1 saturated heterocycles. The van der Waals surface area contributed by atoms with Crippen LogP contribution in [-0.4, -0.2) is 28.1 Å². The second kappa shape index (κ2) is 5.63. The van der Waals surface area contributed by atoms with E-state index in [9.17, 15) is 0 Å². The van der Waals surface area contributed by atoms with Crippen molar-refractivity contribution in [2.45, 2.75) is 32.7 Å².